The van der Waals surface area contributed by atoms with Crippen LogP contribution in [0.4, 0.5) is 0 Å². The van der Waals surface area contributed by atoms with Gasteiger partial charge in [-0.2, -0.15) is 0 Å². The van der Waals surface area contributed by atoms with Gasteiger partial charge in [0.25, 0.3) is 0 Å². The molecular weight excluding hydrogens is 188 g/mol. The first-order valence-electron chi connectivity index (χ1n) is 5.88. The van der Waals surface area contributed by atoms with Crippen LogP contribution in [-0.2, 0) is 4.79 Å². The molecule has 0 saturated heterocycles. The number of amides is 1. The Morgan fingerprint density at radius 3 is 2.27 bits per heavy atom. The van der Waals surface area contributed by atoms with Crippen molar-refractivity contribution in [2.45, 2.75) is 52.5 Å². The lowest BCUT2D eigenvalue weighted by molar-refractivity contribution is -0.139. The van der Waals surface area contributed by atoms with Crippen LogP contribution in [0.25, 0.3) is 0 Å². The van der Waals surface area contributed by atoms with E-state index in [1.54, 1.807) is 0 Å². The summed E-state index contributed by atoms with van der Waals surface area (Å²) in [6.07, 6.45) is 2.85. The van der Waals surface area contributed by atoms with E-state index < -0.39 is 0 Å². The van der Waals surface area contributed by atoms with Crippen molar-refractivity contribution < 1.29 is 4.79 Å². The molecule has 0 aliphatic rings. The first-order chi connectivity index (χ1) is 6.90. The van der Waals surface area contributed by atoms with Gasteiger partial charge in [0.15, 0.2) is 0 Å². The highest BCUT2D eigenvalue weighted by atomic mass is 16.2. The number of carbonyl (C=O) groups excluding carboxylic acids is 1. The van der Waals surface area contributed by atoms with Gasteiger partial charge in [-0.05, 0) is 26.7 Å². The van der Waals surface area contributed by atoms with Crippen LogP contribution in [0.3, 0.4) is 0 Å². The first-order valence-corrected chi connectivity index (χ1v) is 5.88. The number of nitrogens with zero attached hydrogens (tertiary/aromatic N) is 1. The molecule has 1 atom stereocenters. The third-order valence-electron chi connectivity index (χ3n) is 3.37. The minimum Gasteiger partial charge on any atom is -0.340 e. The normalized spacial score (nSPS) is 13.7. The summed E-state index contributed by atoms with van der Waals surface area (Å²) in [4.78, 5) is 14.0. The fourth-order valence-corrected chi connectivity index (χ4v) is 1.50. The second-order valence-corrected chi connectivity index (χ2v) is 4.78. The Morgan fingerprint density at radius 2 is 1.93 bits per heavy atom. The number of rotatable bonds is 6. The van der Waals surface area contributed by atoms with E-state index in [1.807, 2.05) is 11.9 Å². The van der Waals surface area contributed by atoms with Crippen LogP contribution >= 0.6 is 0 Å². The summed E-state index contributed by atoms with van der Waals surface area (Å²) in [6, 6.07) is 0. The van der Waals surface area contributed by atoms with Gasteiger partial charge in [0.2, 0.25) is 5.91 Å². The lowest BCUT2D eigenvalue weighted by Crippen LogP contribution is -2.48. The molecule has 3 heteroatoms. The molecule has 0 spiro atoms. The van der Waals surface area contributed by atoms with E-state index in [1.165, 1.54) is 0 Å². The zero-order valence-electron chi connectivity index (χ0n) is 10.8. The average molecular weight is 214 g/mol. The molecule has 0 radical (unpaired) electrons. The van der Waals surface area contributed by atoms with Crippen molar-refractivity contribution in [3.63, 3.8) is 0 Å². The standard InChI is InChI=1S/C12H26N2O/c1-6-8-10(9-13)11(15)14(5)12(3,4)7-2/h10H,6-9,13H2,1-5H3. The molecule has 0 bridgehead atoms. The van der Waals surface area contributed by atoms with Crippen LogP contribution in [0.2, 0.25) is 0 Å². The molecule has 0 fully saturated rings. The lowest BCUT2D eigenvalue weighted by atomic mass is 9.95. The van der Waals surface area contributed by atoms with Crippen LogP contribution in [0.5, 0.6) is 0 Å². The predicted molar refractivity (Wildman–Crippen MR) is 64.6 cm³/mol. The molecule has 1 amide bonds. The second kappa shape index (κ2) is 6.11. The van der Waals surface area contributed by atoms with Crippen LogP contribution in [0.15, 0.2) is 0 Å². The molecule has 0 rings (SSSR count). The van der Waals surface area contributed by atoms with Gasteiger partial charge in [-0.15, -0.1) is 0 Å². The highest BCUT2D eigenvalue weighted by molar-refractivity contribution is 5.79. The Balaban J connectivity index is 4.54. The SMILES string of the molecule is CCCC(CN)C(=O)N(C)C(C)(C)CC. The lowest BCUT2D eigenvalue weighted by Gasteiger charge is -2.37. The predicted octanol–water partition coefficient (Wildman–Crippen LogP) is 2.01. The maximum atomic E-state index is 12.1. The molecule has 90 valence electrons. The van der Waals surface area contributed by atoms with Gasteiger partial charge in [0.05, 0.1) is 5.92 Å². The van der Waals surface area contributed by atoms with Crippen LogP contribution in [0.1, 0.15) is 47.0 Å². The molecule has 0 aromatic heterocycles. The monoisotopic (exact) mass is 214 g/mol. The number of carbonyl (C=O) groups is 1. The molecule has 0 aromatic carbocycles. The van der Waals surface area contributed by atoms with Crippen molar-refractivity contribution in [1.29, 1.82) is 0 Å². The molecule has 15 heavy (non-hydrogen) atoms. The molecule has 0 heterocycles. The number of hydrogen-bond acceptors (Lipinski definition) is 2. The van der Waals surface area contributed by atoms with Gasteiger partial charge >= 0.3 is 0 Å². The van der Waals surface area contributed by atoms with E-state index in [0.29, 0.717) is 6.54 Å². The van der Waals surface area contributed by atoms with Gasteiger partial charge in [-0.1, -0.05) is 20.3 Å². The van der Waals surface area contributed by atoms with Gasteiger partial charge in [-0.3, -0.25) is 4.79 Å². The van der Waals surface area contributed by atoms with Gasteiger partial charge < -0.3 is 10.6 Å². The van der Waals surface area contributed by atoms with E-state index in [0.717, 1.165) is 19.3 Å². The van der Waals surface area contributed by atoms with Crippen LogP contribution < -0.4 is 5.73 Å². The van der Waals surface area contributed by atoms with E-state index in [4.69, 9.17) is 5.73 Å². The Kier molecular flexibility index (Phi) is 5.88. The fourth-order valence-electron chi connectivity index (χ4n) is 1.50. The molecule has 3 nitrogen and oxygen atoms in total. The third kappa shape index (κ3) is 3.82. The molecule has 0 aliphatic heterocycles. The zero-order chi connectivity index (χ0) is 12.1. The summed E-state index contributed by atoms with van der Waals surface area (Å²) in [5.74, 6) is 0.178. The summed E-state index contributed by atoms with van der Waals surface area (Å²) in [5, 5.41) is 0. The highest BCUT2D eigenvalue weighted by Crippen LogP contribution is 2.20. The number of nitrogens with two attached hydrogens (primary N) is 1. The molecular formula is C12H26N2O. The molecule has 0 saturated carbocycles. The minimum atomic E-state index is -0.0712. The maximum Gasteiger partial charge on any atom is 0.227 e. The van der Waals surface area contributed by atoms with E-state index in [9.17, 15) is 4.79 Å². The first kappa shape index (κ1) is 14.4. The summed E-state index contributed by atoms with van der Waals surface area (Å²) in [6.45, 7) is 8.81. The van der Waals surface area contributed by atoms with E-state index in [2.05, 4.69) is 27.7 Å². The summed E-state index contributed by atoms with van der Waals surface area (Å²) >= 11 is 0. The van der Waals surface area contributed by atoms with Crippen molar-refractivity contribution in [2.24, 2.45) is 11.7 Å². The Morgan fingerprint density at radius 1 is 1.40 bits per heavy atom. The van der Waals surface area contributed by atoms with Crippen molar-refractivity contribution >= 4 is 5.91 Å². The average Bonchev–Trinajstić information content (AvgIpc) is 2.23. The Hall–Kier alpha value is -0.570. The van der Waals surface area contributed by atoms with E-state index >= 15 is 0 Å². The highest BCUT2D eigenvalue weighted by Gasteiger charge is 2.29. The zero-order valence-corrected chi connectivity index (χ0v) is 10.8. The molecule has 2 N–H and O–H groups in total. The number of hydrogen-bond donors (Lipinski definition) is 1. The summed E-state index contributed by atoms with van der Waals surface area (Å²) in [7, 11) is 1.88. The van der Waals surface area contributed by atoms with E-state index in [-0.39, 0.29) is 17.4 Å². The maximum absolute atomic E-state index is 12.1. The van der Waals surface area contributed by atoms with Gasteiger partial charge in [-0.25, -0.2) is 0 Å². The van der Waals surface area contributed by atoms with Crippen LogP contribution in [-0.4, -0.2) is 29.9 Å². The van der Waals surface area contributed by atoms with Crippen molar-refractivity contribution in [3.05, 3.63) is 0 Å². The second-order valence-electron chi connectivity index (χ2n) is 4.78. The topological polar surface area (TPSA) is 46.3 Å². The van der Waals surface area contributed by atoms with Crippen molar-refractivity contribution in [1.82, 2.24) is 4.90 Å². The van der Waals surface area contributed by atoms with Crippen LogP contribution in [0, 0.1) is 5.92 Å². The largest absolute Gasteiger partial charge is 0.340 e. The fraction of sp³-hybridized carbons (Fsp3) is 0.917. The summed E-state index contributed by atoms with van der Waals surface area (Å²) in [5.41, 5.74) is 5.56. The van der Waals surface area contributed by atoms with Crippen molar-refractivity contribution in [2.75, 3.05) is 13.6 Å². The smallest absolute Gasteiger partial charge is 0.227 e. The molecule has 1 unspecified atom stereocenters. The molecule has 0 aliphatic carbocycles. The van der Waals surface area contributed by atoms with Gasteiger partial charge in [0, 0.05) is 19.1 Å². The Bertz CT molecular complexity index is 202. The van der Waals surface area contributed by atoms with Crippen molar-refractivity contribution in [3.8, 4) is 0 Å². The minimum absolute atomic E-state index is 0.00850. The summed E-state index contributed by atoms with van der Waals surface area (Å²) < 4.78 is 0. The molecule has 0 aromatic rings. The Labute approximate surface area is 94.0 Å². The third-order valence-corrected chi connectivity index (χ3v) is 3.37. The quantitative estimate of drug-likeness (QED) is 0.735. The van der Waals surface area contributed by atoms with Gasteiger partial charge in [0.1, 0.15) is 0 Å².